The smallest absolute Gasteiger partial charge is 0.0113 e. The van der Waals surface area contributed by atoms with Gasteiger partial charge in [-0.05, 0) is 55.3 Å². The van der Waals surface area contributed by atoms with Crippen molar-refractivity contribution in [2.24, 2.45) is 29.1 Å². The summed E-state index contributed by atoms with van der Waals surface area (Å²) in [7, 11) is 0. The molecule has 0 saturated heterocycles. The van der Waals surface area contributed by atoms with Gasteiger partial charge in [0, 0.05) is 3.92 Å². The molecule has 3 rings (SSSR count). The first-order valence-corrected chi connectivity index (χ1v) is 8.25. The Morgan fingerprint density at radius 3 is 2.82 bits per heavy atom. The zero-order valence-electron chi connectivity index (χ0n) is 11.1. The van der Waals surface area contributed by atoms with Gasteiger partial charge < -0.3 is 0 Å². The summed E-state index contributed by atoms with van der Waals surface area (Å²) < 4.78 is 0.919. The quantitative estimate of drug-likeness (QED) is 0.430. The maximum Gasteiger partial charge on any atom is 0.0113 e. The van der Waals surface area contributed by atoms with E-state index in [9.17, 15) is 0 Å². The third kappa shape index (κ3) is 1.84. The molecule has 0 aromatic carbocycles. The Bertz CT molecular complexity index is 377. The Morgan fingerprint density at radius 1 is 1.29 bits per heavy atom. The number of fused-ring (bicyclic) bond motifs is 3. The summed E-state index contributed by atoms with van der Waals surface area (Å²) in [6.45, 7) is 7.30. The van der Waals surface area contributed by atoms with Gasteiger partial charge in [-0.25, -0.2) is 0 Å². The molecule has 0 bridgehead atoms. The van der Waals surface area contributed by atoms with Crippen LogP contribution in [0.4, 0.5) is 0 Å². The van der Waals surface area contributed by atoms with E-state index in [4.69, 9.17) is 0 Å². The Hall–Kier alpha value is 0.210. The van der Waals surface area contributed by atoms with Crippen molar-refractivity contribution >= 4 is 22.6 Å². The third-order valence-electron chi connectivity index (χ3n) is 5.59. The molecule has 0 amide bonds. The molecule has 5 atom stereocenters. The summed E-state index contributed by atoms with van der Waals surface area (Å²) in [5, 5.41) is 0. The molecule has 0 N–H and O–H groups in total. The Kier molecular flexibility index (Phi) is 2.96. The lowest BCUT2D eigenvalue weighted by Crippen LogP contribution is -2.31. The first-order chi connectivity index (χ1) is 8.00. The van der Waals surface area contributed by atoms with E-state index in [0.29, 0.717) is 5.41 Å². The first kappa shape index (κ1) is 12.3. The van der Waals surface area contributed by atoms with Crippen LogP contribution in [0.15, 0.2) is 23.8 Å². The minimum absolute atomic E-state index is 0.505. The highest BCUT2D eigenvalue weighted by atomic mass is 127. The fraction of sp³-hybridized carbons (Fsp3) is 0.750. The molecule has 5 unspecified atom stereocenters. The van der Waals surface area contributed by atoms with Crippen LogP contribution in [0.1, 0.15) is 40.0 Å². The maximum atomic E-state index is 2.67. The average molecular weight is 342 g/mol. The van der Waals surface area contributed by atoms with Gasteiger partial charge in [0.2, 0.25) is 0 Å². The highest BCUT2D eigenvalue weighted by molar-refractivity contribution is 14.1. The van der Waals surface area contributed by atoms with Gasteiger partial charge in [0.25, 0.3) is 0 Å². The summed E-state index contributed by atoms with van der Waals surface area (Å²) in [5.41, 5.74) is 1.98. The van der Waals surface area contributed by atoms with Crippen molar-refractivity contribution in [1.82, 2.24) is 0 Å². The molecule has 2 saturated carbocycles. The van der Waals surface area contributed by atoms with Gasteiger partial charge in [-0.3, -0.25) is 0 Å². The monoisotopic (exact) mass is 342 g/mol. The molecule has 17 heavy (non-hydrogen) atoms. The van der Waals surface area contributed by atoms with Crippen molar-refractivity contribution in [3.63, 3.8) is 0 Å². The third-order valence-corrected chi connectivity index (χ3v) is 6.72. The lowest BCUT2D eigenvalue weighted by molar-refractivity contribution is 0.153. The van der Waals surface area contributed by atoms with Gasteiger partial charge in [0.15, 0.2) is 0 Å². The number of hydrogen-bond donors (Lipinski definition) is 0. The molecule has 0 aliphatic heterocycles. The largest absolute Gasteiger partial charge is 0.0826 e. The van der Waals surface area contributed by atoms with Gasteiger partial charge in [0.1, 0.15) is 0 Å². The van der Waals surface area contributed by atoms with E-state index >= 15 is 0 Å². The minimum Gasteiger partial charge on any atom is -0.0826 e. The molecular weight excluding hydrogens is 319 g/mol. The molecule has 2 fully saturated rings. The van der Waals surface area contributed by atoms with Crippen LogP contribution < -0.4 is 0 Å². The molecule has 3 aliphatic carbocycles. The Balaban J connectivity index is 1.97. The van der Waals surface area contributed by atoms with Crippen molar-refractivity contribution in [3.8, 4) is 0 Å². The second-order valence-corrected chi connectivity index (χ2v) is 8.64. The molecule has 0 aromatic rings. The molecule has 0 aromatic heterocycles. The summed E-state index contributed by atoms with van der Waals surface area (Å²) in [4.78, 5) is 0. The van der Waals surface area contributed by atoms with Gasteiger partial charge in [-0.15, -0.1) is 0 Å². The number of allylic oxidation sites excluding steroid dienone is 4. The topological polar surface area (TPSA) is 0 Å². The van der Waals surface area contributed by atoms with Crippen LogP contribution in [-0.2, 0) is 0 Å². The SMILES string of the molecule is CC1=CC2C(C=C1)C1CCC(I)CC1C2(C)C. The highest BCUT2D eigenvalue weighted by Gasteiger charge is 2.54. The van der Waals surface area contributed by atoms with Crippen LogP contribution in [-0.4, -0.2) is 3.92 Å². The van der Waals surface area contributed by atoms with Crippen LogP contribution in [0.2, 0.25) is 0 Å². The van der Waals surface area contributed by atoms with Gasteiger partial charge in [-0.2, -0.15) is 0 Å². The summed E-state index contributed by atoms with van der Waals surface area (Å²) in [6, 6.07) is 0. The van der Waals surface area contributed by atoms with E-state index in [1.807, 2.05) is 0 Å². The number of hydrogen-bond acceptors (Lipinski definition) is 0. The first-order valence-electron chi connectivity index (χ1n) is 7.01. The van der Waals surface area contributed by atoms with Gasteiger partial charge in [0.05, 0.1) is 0 Å². The number of rotatable bonds is 0. The zero-order valence-corrected chi connectivity index (χ0v) is 13.3. The number of alkyl halides is 1. The van der Waals surface area contributed by atoms with Crippen molar-refractivity contribution in [3.05, 3.63) is 23.8 Å². The molecule has 0 spiro atoms. The maximum absolute atomic E-state index is 2.67. The fourth-order valence-electron chi connectivity index (χ4n) is 4.66. The minimum atomic E-state index is 0.505. The van der Waals surface area contributed by atoms with E-state index < -0.39 is 0 Å². The second kappa shape index (κ2) is 4.11. The summed E-state index contributed by atoms with van der Waals surface area (Å²) in [6.07, 6.45) is 11.8. The van der Waals surface area contributed by atoms with E-state index in [2.05, 4.69) is 61.6 Å². The zero-order chi connectivity index (χ0) is 12.2. The Morgan fingerprint density at radius 2 is 2.06 bits per heavy atom. The van der Waals surface area contributed by atoms with Crippen molar-refractivity contribution < 1.29 is 0 Å². The fourth-order valence-corrected chi connectivity index (χ4v) is 5.57. The average Bonchev–Trinajstić information content (AvgIpc) is 2.49. The van der Waals surface area contributed by atoms with Crippen LogP contribution in [0.5, 0.6) is 0 Å². The van der Waals surface area contributed by atoms with Crippen LogP contribution in [0.3, 0.4) is 0 Å². The van der Waals surface area contributed by atoms with Gasteiger partial charge in [-0.1, -0.05) is 60.2 Å². The molecule has 3 aliphatic rings. The molecule has 1 heteroatoms. The summed E-state index contributed by atoms with van der Waals surface area (Å²) in [5.74, 6) is 3.54. The van der Waals surface area contributed by atoms with Crippen LogP contribution in [0.25, 0.3) is 0 Å². The lowest BCUT2D eigenvalue weighted by Gasteiger charge is -2.38. The van der Waals surface area contributed by atoms with Crippen LogP contribution >= 0.6 is 22.6 Å². The van der Waals surface area contributed by atoms with Crippen molar-refractivity contribution in [2.75, 3.05) is 0 Å². The molecule has 94 valence electrons. The van der Waals surface area contributed by atoms with Crippen LogP contribution in [0, 0.1) is 29.1 Å². The molecule has 0 radical (unpaired) electrons. The van der Waals surface area contributed by atoms with E-state index in [0.717, 1.165) is 27.6 Å². The number of halogens is 1. The van der Waals surface area contributed by atoms with E-state index in [-0.39, 0.29) is 0 Å². The normalized spacial score (nSPS) is 47.3. The predicted molar refractivity (Wildman–Crippen MR) is 82.3 cm³/mol. The Labute approximate surface area is 119 Å². The second-order valence-electron chi connectivity index (χ2n) is 6.87. The summed E-state index contributed by atoms with van der Waals surface area (Å²) >= 11 is 2.67. The predicted octanol–water partition coefficient (Wildman–Crippen LogP) is 4.99. The molecule has 0 nitrogen and oxygen atoms in total. The highest BCUT2D eigenvalue weighted by Crippen LogP contribution is 2.61. The molecule has 0 heterocycles. The van der Waals surface area contributed by atoms with Crippen molar-refractivity contribution in [1.29, 1.82) is 0 Å². The lowest BCUT2D eigenvalue weighted by atomic mass is 9.69. The van der Waals surface area contributed by atoms with Crippen molar-refractivity contribution in [2.45, 2.75) is 44.0 Å². The standard InChI is InChI=1S/C16H23I/c1-10-4-6-12-13-7-5-11(17)9-15(13)16(2,3)14(12)8-10/h4,6,8,11-15H,5,7,9H2,1-3H3. The van der Waals surface area contributed by atoms with E-state index in [1.165, 1.54) is 24.8 Å². The van der Waals surface area contributed by atoms with Gasteiger partial charge >= 0.3 is 0 Å². The molecular formula is C16H23I. The van der Waals surface area contributed by atoms with E-state index in [1.54, 1.807) is 0 Å².